The summed E-state index contributed by atoms with van der Waals surface area (Å²) in [4.78, 5) is 18.2. The zero-order valence-electron chi connectivity index (χ0n) is 11.6. The molecule has 1 amide bonds. The predicted octanol–water partition coefficient (Wildman–Crippen LogP) is 2.64. The molecule has 1 fully saturated rings. The maximum atomic E-state index is 12.1. The van der Waals surface area contributed by atoms with Crippen molar-refractivity contribution >= 4 is 17.3 Å². The van der Waals surface area contributed by atoms with Gasteiger partial charge in [0.25, 0.3) is 5.91 Å². The largest absolute Gasteiger partial charge is 0.505 e. The van der Waals surface area contributed by atoms with Crippen LogP contribution in [0.1, 0.15) is 23.2 Å². The molecule has 1 aliphatic rings. The van der Waals surface area contributed by atoms with E-state index in [-0.39, 0.29) is 17.2 Å². The van der Waals surface area contributed by atoms with E-state index in [4.69, 9.17) is 0 Å². The topological polar surface area (TPSA) is 65.5 Å². The number of aromatic nitrogens is 1. The first-order valence-electron chi connectivity index (χ1n) is 7.03. The average Bonchev–Trinajstić information content (AvgIpc) is 3.02. The van der Waals surface area contributed by atoms with Gasteiger partial charge in [0.05, 0.1) is 11.8 Å². The van der Waals surface area contributed by atoms with E-state index in [2.05, 4.69) is 15.2 Å². The molecular formula is C16H17N3O2. The highest BCUT2D eigenvalue weighted by Crippen LogP contribution is 2.23. The molecule has 2 N–H and O–H groups in total. The van der Waals surface area contributed by atoms with Crippen LogP contribution in [0.3, 0.4) is 0 Å². The fourth-order valence-electron chi connectivity index (χ4n) is 2.51. The molecule has 2 aromatic rings. The summed E-state index contributed by atoms with van der Waals surface area (Å²) in [5.41, 5.74) is 2.10. The molecule has 0 saturated carbocycles. The third-order valence-corrected chi connectivity index (χ3v) is 3.64. The number of benzene rings is 1. The van der Waals surface area contributed by atoms with E-state index in [1.54, 1.807) is 0 Å². The SMILES string of the molecule is O=C(Nc1ccc(N2CCCC2)cc1)c1ccncc1O. The van der Waals surface area contributed by atoms with Crippen LogP contribution in [0.15, 0.2) is 42.7 Å². The first-order valence-corrected chi connectivity index (χ1v) is 7.03. The van der Waals surface area contributed by atoms with Gasteiger partial charge in [-0.2, -0.15) is 0 Å². The maximum absolute atomic E-state index is 12.1. The Morgan fingerprint density at radius 3 is 2.52 bits per heavy atom. The monoisotopic (exact) mass is 283 g/mol. The van der Waals surface area contributed by atoms with Crippen molar-refractivity contribution in [3.05, 3.63) is 48.3 Å². The fraction of sp³-hybridized carbons (Fsp3) is 0.250. The smallest absolute Gasteiger partial charge is 0.259 e. The molecule has 0 bridgehead atoms. The second-order valence-corrected chi connectivity index (χ2v) is 5.09. The van der Waals surface area contributed by atoms with Gasteiger partial charge in [0.15, 0.2) is 0 Å². The number of hydrogen-bond donors (Lipinski definition) is 2. The van der Waals surface area contributed by atoms with Crippen LogP contribution >= 0.6 is 0 Å². The van der Waals surface area contributed by atoms with Gasteiger partial charge < -0.3 is 15.3 Å². The molecule has 21 heavy (non-hydrogen) atoms. The molecule has 108 valence electrons. The average molecular weight is 283 g/mol. The molecule has 5 nitrogen and oxygen atoms in total. The lowest BCUT2D eigenvalue weighted by Crippen LogP contribution is -2.17. The molecule has 1 aliphatic heterocycles. The number of aromatic hydroxyl groups is 1. The Kier molecular flexibility index (Phi) is 3.73. The minimum absolute atomic E-state index is 0.122. The first kappa shape index (κ1) is 13.4. The zero-order chi connectivity index (χ0) is 14.7. The minimum atomic E-state index is -0.344. The van der Waals surface area contributed by atoms with Crippen LogP contribution in [0.4, 0.5) is 11.4 Å². The van der Waals surface area contributed by atoms with Crippen molar-refractivity contribution < 1.29 is 9.90 Å². The van der Waals surface area contributed by atoms with E-state index in [9.17, 15) is 9.90 Å². The molecule has 3 rings (SSSR count). The molecule has 5 heteroatoms. The van der Waals surface area contributed by atoms with E-state index in [1.807, 2.05) is 24.3 Å². The van der Waals surface area contributed by atoms with Gasteiger partial charge in [-0.25, -0.2) is 0 Å². The second-order valence-electron chi connectivity index (χ2n) is 5.09. The highest BCUT2D eigenvalue weighted by Gasteiger charge is 2.13. The summed E-state index contributed by atoms with van der Waals surface area (Å²) in [6.45, 7) is 2.19. The van der Waals surface area contributed by atoms with Crippen LogP contribution in [0.25, 0.3) is 0 Å². The van der Waals surface area contributed by atoms with Crippen LogP contribution in [0.5, 0.6) is 5.75 Å². The highest BCUT2D eigenvalue weighted by atomic mass is 16.3. The van der Waals surface area contributed by atoms with E-state index in [0.717, 1.165) is 13.1 Å². The van der Waals surface area contributed by atoms with Crippen molar-refractivity contribution in [3.63, 3.8) is 0 Å². The molecule has 0 atom stereocenters. The van der Waals surface area contributed by atoms with Crippen LogP contribution < -0.4 is 10.2 Å². The fourth-order valence-corrected chi connectivity index (χ4v) is 2.51. The summed E-state index contributed by atoms with van der Waals surface area (Å²) in [6, 6.07) is 9.26. The summed E-state index contributed by atoms with van der Waals surface area (Å²) >= 11 is 0. The molecule has 1 aromatic carbocycles. The molecule has 1 aromatic heterocycles. The van der Waals surface area contributed by atoms with Crippen molar-refractivity contribution in [2.24, 2.45) is 0 Å². The summed E-state index contributed by atoms with van der Waals surface area (Å²) in [5.74, 6) is -0.465. The van der Waals surface area contributed by atoms with Gasteiger partial charge in [0.1, 0.15) is 5.75 Å². The zero-order valence-corrected chi connectivity index (χ0v) is 11.6. The summed E-state index contributed by atoms with van der Waals surface area (Å²) in [7, 11) is 0. The Hall–Kier alpha value is -2.56. The van der Waals surface area contributed by atoms with Crippen LogP contribution in [-0.2, 0) is 0 Å². The van der Waals surface area contributed by atoms with Gasteiger partial charge in [0.2, 0.25) is 0 Å². The van der Waals surface area contributed by atoms with Crippen molar-refractivity contribution in [1.29, 1.82) is 0 Å². The van der Waals surface area contributed by atoms with Gasteiger partial charge >= 0.3 is 0 Å². The highest BCUT2D eigenvalue weighted by molar-refractivity contribution is 6.06. The number of hydrogen-bond acceptors (Lipinski definition) is 4. The number of nitrogens with zero attached hydrogens (tertiary/aromatic N) is 2. The van der Waals surface area contributed by atoms with Crippen LogP contribution in [0, 0.1) is 0 Å². The van der Waals surface area contributed by atoms with E-state index < -0.39 is 0 Å². The molecule has 2 heterocycles. The van der Waals surface area contributed by atoms with E-state index >= 15 is 0 Å². The van der Waals surface area contributed by atoms with Gasteiger partial charge in [-0.1, -0.05) is 0 Å². The molecule has 1 saturated heterocycles. The normalized spacial score (nSPS) is 14.2. The Labute approximate surface area is 123 Å². The molecule has 0 aliphatic carbocycles. The number of anilines is 2. The lowest BCUT2D eigenvalue weighted by Gasteiger charge is -2.17. The predicted molar refractivity (Wildman–Crippen MR) is 81.7 cm³/mol. The van der Waals surface area contributed by atoms with Crippen LogP contribution in [0.2, 0.25) is 0 Å². The quantitative estimate of drug-likeness (QED) is 0.909. The van der Waals surface area contributed by atoms with Crippen molar-refractivity contribution in [2.75, 3.05) is 23.3 Å². The third-order valence-electron chi connectivity index (χ3n) is 3.64. The number of rotatable bonds is 3. The summed E-state index contributed by atoms with van der Waals surface area (Å²) in [6.07, 6.45) is 5.20. The minimum Gasteiger partial charge on any atom is -0.505 e. The standard InChI is InChI=1S/C16H17N3O2/c20-15-11-17-8-7-14(15)16(21)18-12-3-5-13(6-4-12)19-9-1-2-10-19/h3-8,11,20H,1-2,9-10H2,(H,18,21). The maximum Gasteiger partial charge on any atom is 0.259 e. The van der Waals surface area contributed by atoms with Crippen molar-refractivity contribution in [3.8, 4) is 5.75 Å². The van der Waals surface area contributed by atoms with E-state index in [0.29, 0.717) is 5.69 Å². The molecule has 0 radical (unpaired) electrons. The molecular weight excluding hydrogens is 266 g/mol. The Bertz CT molecular complexity index is 634. The summed E-state index contributed by atoms with van der Waals surface area (Å²) < 4.78 is 0. The molecule has 0 spiro atoms. The lowest BCUT2D eigenvalue weighted by molar-refractivity contribution is 0.102. The Morgan fingerprint density at radius 2 is 1.86 bits per heavy atom. The van der Waals surface area contributed by atoms with Gasteiger partial charge in [-0.15, -0.1) is 0 Å². The Morgan fingerprint density at radius 1 is 1.14 bits per heavy atom. The number of carbonyl (C=O) groups is 1. The lowest BCUT2D eigenvalue weighted by atomic mass is 10.2. The number of carbonyl (C=O) groups excluding carboxylic acids is 1. The van der Waals surface area contributed by atoms with Crippen molar-refractivity contribution in [2.45, 2.75) is 12.8 Å². The first-order chi connectivity index (χ1) is 10.2. The number of amides is 1. The number of nitrogens with one attached hydrogen (secondary N) is 1. The summed E-state index contributed by atoms with van der Waals surface area (Å²) in [5, 5.41) is 12.4. The third kappa shape index (κ3) is 2.97. The second kappa shape index (κ2) is 5.83. The van der Waals surface area contributed by atoms with Crippen LogP contribution in [-0.4, -0.2) is 29.1 Å². The van der Waals surface area contributed by atoms with Gasteiger partial charge in [-0.3, -0.25) is 9.78 Å². The Balaban J connectivity index is 1.70. The van der Waals surface area contributed by atoms with Crippen molar-refractivity contribution in [1.82, 2.24) is 4.98 Å². The van der Waals surface area contributed by atoms with E-state index in [1.165, 1.54) is 37.0 Å². The molecule has 0 unspecified atom stereocenters. The number of pyridine rings is 1. The van der Waals surface area contributed by atoms with Gasteiger partial charge in [0, 0.05) is 30.7 Å². The van der Waals surface area contributed by atoms with Gasteiger partial charge in [-0.05, 0) is 43.2 Å².